The summed E-state index contributed by atoms with van der Waals surface area (Å²) in [5.74, 6) is 0.863. The first-order valence-corrected chi connectivity index (χ1v) is 30.1. The van der Waals surface area contributed by atoms with E-state index < -0.39 is 0 Å². The van der Waals surface area contributed by atoms with E-state index in [0.717, 1.165) is 31.6 Å². The van der Waals surface area contributed by atoms with Crippen LogP contribution >= 0.6 is 11.8 Å². The molecule has 0 aromatic heterocycles. The monoisotopic (exact) mass is 1150 g/mol. The number of ether oxygens (including phenoxy) is 10. The van der Waals surface area contributed by atoms with Crippen LogP contribution in [0, 0.1) is 0 Å². The number of amides is 4. The molecule has 0 saturated carbocycles. The van der Waals surface area contributed by atoms with Gasteiger partial charge in [0.25, 0.3) is 0 Å². The molecule has 0 bridgehead atoms. The number of benzene rings is 2. The van der Waals surface area contributed by atoms with Crippen LogP contribution in [-0.2, 0) is 67.8 Å². The van der Waals surface area contributed by atoms with E-state index in [4.69, 9.17) is 47.4 Å². The summed E-state index contributed by atoms with van der Waals surface area (Å²) < 4.78 is 58.6. The third kappa shape index (κ3) is 21.8. The summed E-state index contributed by atoms with van der Waals surface area (Å²) in [5, 5.41) is 12.1. The lowest BCUT2D eigenvalue weighted by Gasteiger charge is -2.27. The molecule has 3 atom stereocenters. The summed E-state index contributed by atoms with van der Waals surface area (Å²) in [6, 6.07) is 17.6. The summed E-state index contributed by atoms with van der Waals surface area (Å²) in [6.45, 7) is 20.3. The van der Waals surface area contributed by atoms with Crippen molar-refractivity contribution in [1.29, 1.82) is 0 Å². The SMILES string of the molecule is COCCOCCOCCOCC[N+]1=C(/C=C/C=C/C=C2N(CCOCCOCCOCCOCCC(=O)NCCOCCOCCNC(=O)CCCC[C@H]3SC[C@H]4NC(=O)N[C@H]43)c3ccccc3C2(C)C)C(C)(C)c2ccccc21. The molecule has 20 heteroatoms. The Kier molecular flexibility index (Phi) is 29.7. The Morgan fingerprint density at radius 1 is 0.630 bits per heavy atom. The van der Waals surface area contributed by atoms with Crippen LogP contribution in [-0.4, -0.2) is 210 Å². The molecule has 2 fully saturated rings. The number of hydrogen-bond donors (Lipinski definition) is 4. The van der Waals surface area contributed by atoms with E-state index in [1.807, 2.05) is 11.8 Å². The molecule has 0 unspecified atom stereocenters. The summed E-state index contributed by atoms with van der Waals surface area (Å²) in [5.41, 5.74) is 7.11. The van der Waals surface area contributed by atoms with Gasteiger partial charge in [0.2, 0.25) is 17.5 Å². The Labute approximate surface area is 485 Å². The molecule has 0 radical (unpaired) electrons. The standard InChI is InChI=1S/C61H92N6O13S/c1-60(2)48-15-9-11-17-51(48)66(26-31-75-38-41-79-44-43-77-34-33-71-5)54(60)20-7-6-8-21-55-61(3,4)49-16-10-12-18-52(49)67(55)27-32-76-39-42-80-46-45-78-40-35-72-28-23-57(69)63-25-30-74-37-36-73-29-24-62-56(68)22-14-13-19-53-58-50(47-81-53)64-59(70)65-58/h6-12,15-18,20-21,50,53,58H,13-14,19,22-47H2,1-5H3,(H3-,62,63,64,65,68,69,70)/p+1/t50-,53-,58-/m1/s1. The number of rotatable bonds is 44. The zero-order valence-electron chi connectivity index (χ0n) is 48.9. The third-order valence-electron chi connectivity index (χ3n) is 14.6. The quantitative estimate of drug-likeness (QED) is 0.0261. The van der Waals surface area contributed by atoms with E-state index in [2.05, 4.69) is 137 Å². The number of fused-ring (bicyclic) bond motifs is 3. The molecular formula is C61H93N6O13S+. The van der Waals surface area contributed by atoms with Gasteiger partial charge in [-0.05, 0) is 44.4 Å². The Bertz CT molecular complexity index is 2330. The number of nitrogens with zero attached hydrogens (tertiary/aromatic N) is 2. The second kappa shape index (κ2) is 36.8. The topological polar surface area (TPSA) is 198 Å². The van der Waals surface area contributed by atoms with Gasteiger partial charge in [0.1, 0.15) is 6.61 Å². The number of unbranched alkanes of at least 4 members (excludes halogenated alkanes) is 1. The van der Waals surface area contributed by atoms with Crippen molar-refractivity contribution in [2.24, 2.45) is 0 Å². The van der Waals surface area contributed by atoms with Crippen LogP contribution in [0.5, 0.6) is 0 Å². The van der Waals surface area contributed by atoms with Crippen LogP contribution in [0.3, 0.4) is 0 Å². The summed E-state index contributed by atoms with van der Waals surface area (Å²) in [7, 11) is 1.66. The number of para-hydroxylation sites is 2. The molecule has 19 nitrogen and oxygen atoms in total. The Balaban J connectivity index is 0.755. The fourth-order valence-electron chi connectivity index (χ4n) is 10.3. The summed E-state index contributed by atoms with van der Waals surface area (Å²) >= 11 is 1.89. The smallest absolute Gasteiger partial charge is 0.315 e. The number of nitrogens with one attached hydrogen (secondary N) is 4. The highest BCUT2D eigenvalue weighted by molar-refractivity contribution is 8.00. The molecule has 81 heavy (non-hydrogen) atoms. The highest BCUT2D eigenvalue weighted by Gasteiger charge is 2.45. The molecule has 4 aliphatic rings. The first-order chi connectivity index (χ1) is 39.5. The van der Waals surface area contributed by atoms with Crippen molar-refractivity contribution in [3.05, 3.63) is 95.7 Å². The summed E-state index contributed by atoms with van der Waals surface area (Å²) in [4.78, 5) is 38.2. The molecule has 450 valence electrons. The molecule has 0 spiro atoms. The van der Waals surface area contributed by atoms with E-state index >= 15 is 0 Å². The maximum absolute atomic E-state index is 12.2. The predicted molar refractivity (Wildman–Crippen MR) is 316 cm³/mol. The van der Waals surface area contributed by atoms with Gasteiger partial charge in [-0.1, -0.05) is 74.9 Å². The molecule has 4 N–H and O–H groups in total. The van der Waals surface area contributed by atoms with E-state index in [-0.39, 0.29) is 47.2 Å². The lowest BCUT2D eigenvalue weighted by molar-refractivity contribution is -0.442. The van der Waals surface area contributed by atoms with Crippen molar-refractivity contribution in [2.45, 2.75) is 88.0 Å². The van der Waals surface area contributed by atoms with Crippen LogP contribution in [0.1, 0.15) is 70.9 Å². The van der Waals surface area contributed by atoms with E-state index in [1.54, 1.807) is 7.11 Å². The van der Waals surface area contributed by atoms with Crippen LogP contribution in [0.25, 0.3) is 0 Å². The van der Waals surface area contributed by atoms with Gasteiger partial charge >= 0.3 is 6.03 Å². The first kappa shape index (κ1) is 65.4. The minimum absolute atomic E-state index is 0.0215. The molecule has 2 saturated heterocycles. The van der Waals surface area contributed by atoms with Crippen molar-refractivity contribution in [2.75, 3.05) is 169 Å². The predicted octanol–water partition coefficient (Wildman–Crippen LogP) is 6.00. The van der Waals surface area contributed by atoms with Crippen LogP contribution < -0.4 is 26.2 Å². The number of anilines is 1. The normalized spacial score (nSPS) is 19.2. The maximum Gasteiger partial charge on any atom is 0.315 e. The number of urea groups is 1. The van der Waals surface area contributed by atoms with Gasteiger partial charge in [0, 0.05) is 85.1 Å². The van der Waals surface area contributed by atoms with Crippen molar-refractivity contribution < 1.29 is 66.3 Å². The van der Waals surface area contributed by atoms with Crippen molar-refractivity contribution in [3.8, 4) is 0 Å². The fraction of sp³-hybridized carbons (Fsp3) is 0.639. The number of allylic oxidation sites excluding steroid dienone is 6. The Morgan fingerprint density at radius 2 is 1.19 bits per heavy atom. The molecule has 4 aliphatic heterocycles. The largest absolute Gasteiger partial charge is 0.382 e. The molecule has 2 aromatic carbocycles. The molecule has 4 heterocycles. The average Bonchev–Trinajstić information content (AvgIpc) is 4.36. The highest BCUT2D eigenvalue weighted by Crippen LogP contribution is 2.47. The minimum atomic E-state index is -0.186. The molecular weight excluding hydrogens is 1060 g/mol. The number of carbonyl (C=O) groups is 3. The lowest BCUT2D eigenvalue weighted by Crippen LogP contribution is -2.36. The molecule has 6 rings (SSSR count). The minimum Gasteiger partial charge on any atom is -0.382 e. The molecule has 2 aromatic rings. The van der Waals surface area contributed by atoms with Crippen molar-refractivity contribution >= 4 is 46.7 Å². The van der Waals surface area contributed by atoms with Gasteiger partial charge in [0.05, 0.1) is 136 Å². The van der Waals surface area contributed by atoms with Crippen LogP contribution in [0.4, 0.5) is 16.2 Å². The Hall–Kier alpha value is -4.71. The first-order valence-electron chi connectivity index (χ1n) is 29.1. The van der Waals surface area contributed by atoms with Crippen molar-refractivity contribution in [3.63, 3.8) is 0 Å². The lowest BCUT2D eigenvalue weighted by atomic mass is 9.81. The van der Waals surface area contributed by atoms with Crippen LogP contribution in [0.2, 0.25) is 0 Å². The number of methoxy groups -OCH3 is 1. The molecule has 0 aliphatic carbocycles. The van der Waals surface area contributed by atoms with Gasteiger partial charge in [0.15, 0.2) is 12.3 Å². The molecule has 4 amide bonds. The fourth-order valence-corrected chi connectivity index (χ4v) is 11.9. The summed E-state index contributed by atoms with van der Waals surface area (Å²) in [6.07, 6.45) is 14.4. The van der Waals surface area contributed by atoms with Crippen LogP contribution in [0.15, 0.2) is 84.6 Å². The van der Waals surface area contributed by atoms with Crippen molar-refractivity contribution in [1.82, 2.24) is 21.3 Å². The van der Waals surface area contributed by atoms with Gasteiger partial charge in [-0.25, -0.2) is 4.79 Å². The van der Waals surface area contributed by atoms with E-state index in [1.165, 1.54) is 33.9 Å². The van der Waals surface area contributed by atoms with Gasteiger partial charge in [-0.2, -0.15) is 16.3 Å². The number of carbonyl (C=O) groups excluding carboxylic acids is 3. The Morgan fingerprint density at radius 3 is 1.84 bits per heavy atom. The third-order valence-corrected chi connectivity index (χ3v) is 16.1. The number of thioether (sulfide) groups is 1. The second-order valence-electron chi connectivity index (χ2n) is 21.1. The van der Waals surface area contributed by atoms with E-state index in [0.29, 0.717) is 157 Å². The second-order valence-corrected chi connectivity index (χ2v) is 22.4. The number of hydrogen-bond acceptors (Lipinski definition) is 15. The van der Waals surface area contributed by atoms with Gasteiger partial charge in [-0.3, -0.25) is 9.59 Å². The van der Waals surface area contributed by atoms with E-state index in [9.17, 15) is 14.4 Å². The van der Waals surface area contributed by atoms with Gasteiger partial charge in [-0.15, -0.1) is 0 Å². The highest BCUT2D eigenvalue weighted by atomic mass is 32.2. The van der Waals surface area contributed by atoms with Gasteiger partial charge < -0.3 is 73.5 Å². The maximum atomic E-state index is 12.2. The zero-order chi connectivity index (χ0) is 57.4. The average molecular weight is 1150 g/mol. The zero-order valence-corrected chi connectivity index (χ0v) is 49.7.